The number of rotatable bonds is 5. The van der Waals surface area contributed by atoms with E-state index in [9.17, 15) is 14.4 Å². The van der Waals surface area contributed by atoms with Gasteiger partial charge in [0.15, 0.2) is 12.3 Å². The molecule has 0 saturated carbocycles. The number of Topliss-reactive ketones (excluding diaryl/α,β-unsaturated/α-hetero) is 1. The molecular formula is C25H17N3O4. The average molecular weight is 423 g/mol. The van der Waals surface area contributed by atoms with Crippen molar-refractivity contribution in [3.05, 3.63) is 100 Å². The molecule has 2 heterocycles. The zero-order valence-electron chi connectivity index (χ0n) is 16.8. The molecule has 0 bridgehead atoms. The molecule has 3 aromatic carbocycles. The van der Waals surface area contributed by atoms with Crippen molar-refractivity contribution in [1.29, 1.82) is 0 Å². The number of benzene rings is 3. The molecule has 0 amide bonds. The lowest BCUT2D eigenvalue weighted by Gasteiger charge is -2.07. The zero-order valence-corrected chi connectivity index (χ0v) is 16.8. The van der Waals surface area contributed by atoms with Crippen molar-refractivity contribution in [1.82, 2.24) is 15.2 Å². The van der Waals surface area contributed by atoms with Crippen LogP contribution in [-0.4, -0.2) is 33.5 Å². The summed E-state index contributed by atoms with van der Waals surface area (Å²) < 4.78 is 5.31. The van der Waals surface area contributed by atoms with Crippen LogP contribution in [0.15, 0.2) is 83.7 Å². The van der Waals surface area contributed by atoms with Gasteiger partial charge in [-0.05, 0) is 17.7 Å². The maximum atomic E-state index is 13.2. The number of para-hydroxylation sites is 1. The second-order valence-electron chi connectivity index (χ2n) is 7.23. The van der Waals surface area contributed by atoms with Gasteiger partial charge in [0.05, 0.1) is 16.6 Å². The number of aromatic nitrogens is 3. The van der Waals surface area contributed by atoms with Crippen LogP contribution in [0.4, 0.5) is 0 Å². The van der Waals surface area contributed by atoms with E-state index < -0.39 is 18.1 Å². The van der Waals surface area contributed by atoms with E-state index >= 15 is 0 Å². The topological polar surface area (TPSA) is 105 Å². The number of nitrogens with zero attached hydrogens (tertiary/aromatic N) is 1. The van der Waals surface area contributed by atoms with Crippen LogP contribution >= 0.6 is 0 Å². The third kappa shape index (κ3) is 3.35. The van der Waals surface area contributed by atoms with Crippen LogP contribution in [0.2, 0.25) is 0 Å². The van der Waals surface area contributed by atoms with E-state index in [0.29, 0.717) is 22.0 Å². The zero-order chi connectivity index (χ0) is 22.1. The fourth-order valence-corrected chi connectivity index (χ4v) is 3.79. The number of aromatic amines is 2. The molecule has 5 aromatic rings. The lowest BCUT2D eigenvalue weighted by Crippen LogP contribution is -2.19. The Balaban J connectivity index is 1.47. The second kappa shape index (κ2) is 7.96. The van der Waals surface area contributed by atoms with Gasteiger partial charge in [-0.1, -0.05) is 66.7 Å². The van der Waals surface area contributed by atoms with Crippen molar-refractivity contribution in [2.75, 3.05) is 6.61 Å². The van der Waals surface area contributed by atoms with E-state index in [1.165, 1.54) is 0 Å². The Hall–Kier alpha value is -4.52. The molecule has 0 aliphatic carbocycles. The standard InChI is InChI=1S/C25H17N3O4/c29-20(14-32-25(31)23-16-10-4-5-11-17(16)24(30)28-27-23)21-18-12-6-7-13-19(18)26-22(21)15-8-2-1-3-9-15/h1-13,26H,14H2,(H,28,30). The number of ether oxygens (including phenoxy) is 1. The van der Waals surface area contributed by atoms with Gasteiger partial charge in [-0.3, -0.25) is 9.59 Å². The van der Waals surface area contributed by atoms with Crippen molar-refractivity contribution < 1.29 is 14.3 Å². The largest absolute Gasteiger partial charge is 0.452 e. The van der Waals surface area contributed by atoms with Crippen molar-refractivity contribution in [3.8, 4) is 11.3 Å². The van der Waals surface area contributed by atoms with Crippen LogP contribution in [0.1, 0.15) is 20.8 Å². The van der Waals surface area contributed by atoms with Crippen LogP contribution in [0.25, 0.3) is 32.9 Å². The lowest BCUT2D eigenvalue weighted by molar-refractivity contribution is 0.0470. The predicted molar refractivity (Wildman–Crippen MR) is 121 cm³/mol. The van der Waals surface area contributed by atoms with E-state index in [1.807, 2.05) is 54.6 Å². The van der Waals surface area contributed by atoms with Gasteiger partial charge in [-0.2, -0.15) is 5.10 Å². The van der Waals surface area contributed by atoms with E-state index in [0.717, 1.165) is 16.5 Å². The smallest absolute Gasteiger partial charge is 0.359 e. The van der Waals surface area contributed by atoms with Gasteiger partial charge in [-0.25, -0.2) is 9.89 Å². The number of hydrogen-bond donors (Lipinski definition) is 2. The van der Waals surface area contributed by atoms with Gasteiger partial charge < -0.3 is 9.72 Å². The summed E-state index contributed by atoms with van der Waals surface area (Å²) in [6, 6.07) is 23.6. The van der Waals surface area contributed by atoms with E-state index in [4.69, 9.17) is 4.74 Å². The molecule has 0 aliphatic heterocycles. The average Bonchev–Trinajstić information content (AvgIpc) is 3.23. The first-order chi connectivity index (χ1) is 15.6. The van der Waals surface area contributed by atoms with Crippen molar-refractivity contribution in [2.24, 2.45) is 0 Å². The van der Waals surface area contributed by atoms with Gasteiger partial charge >= 0.3 is 5.97 Å². The SMILES string of the molecule is O=C(COC(=O)c1n[nH]c(=O)c2ccccc12)c1c(-c2ccccc2)[nH]c2ccccc12. The molecular weight excluding hydrogens is 406 g/mol. The summed E-state index contributed by atoms with van der Waals surface area (Å²) in [6.07, 6.45) is 0. The third-order valence-corrected chi connectivity index (χ3v) is 5.27. The van der Waals surface area contributed by atoms with Crippen LogP contribution < -0.4 is 5.56 Å². The molecule has 0 unspecified atom stereocenters. The molecule has 156 valence electrons. The fourth-order valence-electron chi connectivity index (χ4n) is 3.79. The highest BCUT2D eigenvalue weighted by molar-refractivity contribution is 6.14. The summed E-state index contributed by atoms with van der Waals surface area (Å²) in [6.45, 7) is -0.463. The fraction of sp³-hybridized carbons (Fsp3) is 0.0400. The molecule has 0 spiro atoms. The van der Waals surface area contributed by atoms with Gasteiger partial charge in [-0.15, -0.1) is 0 Å². The Morgan fingerprint density at radius 1 is 0.812 bits per heavy atom. The highest BCUT2D eigenvalue weighted by Crippen LogP contribution is 2.30. The first kappa shape index (κ1) is 19.4. The van der Waals surface area contributed by atoms with Crippen molar-refractivity contribution >= 4 is 33.4 Å². The van der Waals surface area contributed by atoms with Crippen LogP contribution in [0.3, 0.4) is 0 Å². The molecule has 7 nitrogen and oxygen atoms in total. The first-order valence-corrected chi connectivity index (χ1v) is 9.97. The minimum Gasteiger partial charge on any atom is -0.452 e. The summed E-state index contributed by atoms with van der Waals surface area (Å²) in [5.74, 6) is -1.13. The van der Waals surface area contributed by atoms with Gasteiger partial charge in [0.2, 0.25) is 5.78 Å². The van der Waals surface area contributed by atoms with E-state index in [-0.39, 0.29) is 11.5 Å². The van der Waals surface area contributed by atoms with Crippen molar-refractivity contribution in [3.63, 3.8) is 0 Å². The number of hydrogen-bond acceptors (Lipinski definition) is 5. The van der Waals surface area contributed by atoms with Gasteiger partial charge in [0.1, 0.15) is 0 Å². The molecule has 0 aliphatic rings. The Bertz CT molecular complexity index is 1530. The summed E-state index contributed by atoms with van der Waals surface area (Å²) in [5.41, 5.74) is 2.34. The summed E-state index contributed by atoms with van der Waals surface area (Å²) in [7, 11) is 0. The minimum atomic E-state index is -0.785. The molecule has 0 saturated heterocycles. The molecule has 0 radical (unpaired) electrons. The van der Waals surface area contributed by atoms with Gasteiger partial charge in [0, 0.05) is 16.3 Å². The molecule has 2 N–H and O–H groups in total. The molecule has 7 heteroatoms. The molecule has 32 heavy (non-hydrogen) atoms. The Morgan fingerprint density at radius 2 is 1.47 bits per heavy atom. The maximum Gasteiger partial charge on any atom is 0.359 e. The number of esters is 1. The Morgan fingerprint density at radius 3 is 2.25 bits per heavy atom. The number of carbonyl (C=O) groups excluding carboxylic acids is 2. The molecule has 2 aromatic heterocycles. The third-order valence-electron chi connectivity index (χ3n) is 5.27. The van der Waals surface area contributed by atoms with E-state index in [2.05, 4.69) is 15.2 Å². The quantitative estimate of drug-likeness (QED) is 0.327. The number of H-pyrrole nitrogens is 2. The molecule has 0 atom stereocenters. The van der Waals surface area contributed by atoms with Crippen LogP contribution in [-0.2, 0) is 4.74 Å². The number of ketones is 1. The van der Waals surface area contributed by atoms with Crippen molar-refractivity contribution in [2.45, 2.75) is 0 Å². The number of carbonyl (C=O) groups is 2. The minimum absolute atomic E-state index is 0.0461. The maximum absolute atomic E-state index is 13.2. The molecule has 5 rings (SSSR count). The lowest BCUT2D eigenvalue weighted by atomic mass is 10.0. The first-order valence-electron chi connectivity index (χ1n) is 9.97. The van der Waals surface area contributed by atoms with Crippen LogP contribution in [0, 0.1) is 0 Å². The Labute approximate surface area is 181 Å². The highest BCUT2D eigenvalue weighted by atomic mass is 16.5. The predicted octanol–water partition coefficient (Wildman–Crippen LogP) is 4.11. The molecule has 0 fully saturated rings. The second-order valence-corrected chi connectivity index (χ2v) is 7.23. The summed E-state index contributed by atoms with van der Waals surface area (Å²) in [4.78, 5) is 41.1. The highest BCUT2D eigenvalue weighted by Gasteiger charge is 2.22. The number of nitrogens with one attached hydrogen (secondary N) is 2. The normalized spacial score (nSPS) is 11.0. The van der Waals surface area contributed by atoms with Gasteiger partial charge in [0.25, 0.3) is 5.56 Å². The summed E-state index contributed by atoms with van der Waals surface area (Å²) >= 11 is 0. The summed E-state index contributed by atoms with van der Waals surface area (Å²) in [5, 5.41) is 7.57. The monoisotopic (exact) mass is 423 g/mol. The number of fused-ring (bicyclic) bond motifs is 2. The van der Waals surface area contributed by atoms with E-state index in [1.54, 1.807) is 24.3 Å². The Kier molecular flexibility index (Phi) is 4.84. The van der Waals surface area contributed by atoms with Crippen LogP contribution in [0.5, 0.6) is 0 Å².